The van der Waals surface area contributed by atoms with Gasteiger partial charge in [0.15, 0.2) is 0 Å². The summed E-state index contributed by atoms with van der Waals surface area (Å²) in [5.41, 5.74) is 7.83. The minimum absolute atomic E-state index is 0.0361. The smallest absolute Gasteiger partial charge is 0.399 e. The van der Waals surface area contributed by atoms with Crippen LogP contribution in [0.25, 0.3) is 43.4 Å². The standard InChI is InChI=1S/C25H33BO2.C24H23BO2/c1-22(2,3)16-10-12-18-19-13-11-17(15-21(19)23(4,5)20(18)14-16)26-27-24(6,7)25(8,9)28-26;1-23(2)24(3,4)27-25(26-23)16-13-14-21-19-11-6-5-9-17(19)18-10-7-8-12-20(18)22(21)15-16/h10-15H,1-9H3;5-15H,1-4H3. The van der Waals surface area contributed by atoms with Gasteiger partial charge in [-0.25, -0.2) is 0 Å². The van der Waals surface area contributed by atoms with Crippen molar-refractivity contribution in [1.82, 2.24) is 0 Å². The van der Waals surface area contributed by atoms with Crippen molar-refractivity contribution < 1.29 is 18.6 Å². The topological polar surface area (TPSA) is 36.9 Å². The van der Waals surface area contributed by atoms with E-state index in [1.165, 1.54) is 60.1 Å². The lowest BCUT2D eigenvalue weighted by atomic mass is 9.74. The zero-order valence-corrected chi connectivity index (χ0v) is 35.1. The van der Waals surface area contributed by atoms with Crippen LogP contribution in [0, 0.1) is 0 Å². The van der Waals surface area contributed by atoms with Gasteiger partial charge in [-0.3, -0.25) is 0 Å². The van der Waals surface area contributed by atoms with Crippen LogP contribution in [0.15, 0.2) is 103 Å². The van der Waals surface area contributed by atoms with Crippen molar-refractivity contribution in [2.24, 2.45) is 0 Å². The highest BCUT2D eigenvalue weighted by molar-refractivity contribution is 6.63. The van der Waals surface area contributed by atoms with Gasteiger partial charge in [-0.2, -0.15) is 0 Å². The fourth-order valence-electron chi connectivity index (χ4n) is 8.40. The van der Waals surface area contributed by atoms with Crippen molar-refractivity contribution in [2.45, 2.75) is 123 Å². The summed E-state index contributed by atoms with van der Waals surface area (Å²) in [6.07, 6.45) is 0. The molecule has 55 heavy (non-hydrogen) atoms. The fraction of sp³-hybridized carbons (Fsp3) is 0.388. The van der Waals surface area contributed by atoms with E-state index in [9.17, 15) is 0 Å². The molecule has 6 aromatic rings. The first kappa shape index (κ1) is 38.0. The van der Waals surface area contributed by atoms with Crippen LogP contribution in [0.5, 0.6) is 0 Å². The van der Waals surface area contributed by atoms with E-state index in [-0.39, 0.29) is 47.5 Å². The highest BCUT2D eigenvalue weighted by atomic mass is 16.7. The molecule has 0 atom stereocenters. The highest BCUT2D eigenvalue weighted by Gasteiger charge is 2.53. The molecule has 0 spiro atoms. The number of hydrogen-bond donors (Lipinski definition) is 0. The normalized spacial score (nSPS) is 20.1. The van der Waals surface area contributed by atoms with E-state index in [1.54, 1.807) is 0 Å². The SMILES string of the molecule is CC(C)(C)c1ccc2c(c1)C(C)(C)c1cc(B3OC(C)(C)C(C)(C)O3)ccc1-2.CC1(C)OB(c2ccc3c4ccccc4c4ccccc4c3c2)OC1(C)C. The minimum atomic E-state index is -0.343. The molecule has 2 heterocycles. The maximum atomic E-state index is 6.30. The Morgan fingerprint density at radius 2 is 0.764 bits per heavy atom. The maximum Gasteiger partial charge on any atom is 0.494 e. The van der Waals surface area contributed by atoms with Crippen molar-refractivity contribution in [3.05, 3.63) is 120 Å². The molecule has 4 nitrogen and oxygen atoms in total. The monoisotopic (exact) mass is 730 g/mol. The second-order valence-electron chi connectivity index (χ2n) is 19.5. The average molecular weight is 731 g/mol. The molecule has 0 aromatic heterocycles. The second-order valence-corrected chi connectivity index (χ2v) is 19.5. The molecule has 0 N–H and O–H groups in total. The van der Waals surface area contributed by atoms with Gasteiger partial charge in [0.05, 0.1) is 22.4 Å². The molecule has 0 bridgehead atoms. The summed E-state index contributed by atoms with van der Waals surface area (Å²) in [5, 5.41) is 7.65. The zero-order chi connectivity index (χ0) is 39.5. The molecular weight excluding hydrogens is 674 g/mol. The first-order valence-corrected chi connectivity index (χ1v) is 20.0. The average Bonchev–Trinajstić information content (AvgIpc) is 3.60. The third-order valence-corrected chi connectivity index (χ3v) is 13.4. The fourth-order valence-corrected chi connectivity index (χ4v) is 8.40. The summed E-state index contributed by atoms with van der Waals surface area (Å²) < 4.78 is 25.1. The minimum Gasteiger partial charge on any atom is -0.399 e. The molecule has 2 saturated heterocycles. The number of fused-ring (bicyclic) bond motifs is 9. The quantitative estimate of drug-likeness (QED) is 0.131. The third-order valence-electron chi connectivity index (χ3n) is 13.4. The Hall–Kier alpha value is -3.93. The van der Waals surface area contributed by atoms with Gasteiger partial charge >= 0.3 is 14.2 Å². The predicted octanol–water partition coefficient (Wildman–Crippen LogP) is 11.0. The maximum absolute atomic E-state index is 6.30. The molecular formula is C49H56B2O4. The summed E-state index contributed by atoms with van der Waals surface area (Å²) in [6, 6.07) is 37.6. The summed E-state index contributed by atoms with van der Waals surface area (Å²) in [4.78, 5) is 0. The van der Waals surface area contributed by atoms with Crippen LogP contribution >= 0.6 is 0 Å². The van der Waals surface area contributed by atoms with Crippen LogP contribution in [0.1, 0.15) is 107 Å². The molecule has 0 saturated carbocycles. The van der Waals surface area contributed by atoms with Crippen molar-refractivity contribution >= 4 is 57.5 Å². The summed E-state index contributed by atoms with van der Waals surface area (Å²) in [7, 11) is -0.662. The molecule has 6 heteroatoms. The summed E-state index contributed by atoms with van der Waals surface area (Å²) >= 11 is 0. The Morgan fingerprint density at radius 3 is 1.22 bits per heavy atom. The van der Waals surface area contributed by atoms with Gasteiger partial charge in [0.25, 0.3) is 0 Å². The van der Waals surface area contributed by atoms with Crippen LogP contribution in [0.2, 0.25) is 0 Å². The van der Waals surface area contributed by atoms with Gasteiger partial charge in [0.1, 0.15) is 0 Å². The first-order chi connectivity index (χ1) is 25.6. The zero-order valence-electron chi connectivity index (χ0n) is 35.1. The van der Waals surface area contributed by atoms with E-state index in [0.717, 1.165) is 10.9 Å². The Bertz CT molecular complexity index is 2420. The first-order valence-electron chi connectivity index (χ1n) is 20.0. The number of rotatable bonds is 2. The van der Waals surface area contributed by atoms with E-state index in [2.05, 4.69) is 193 Å². The van der Waals surface area contributed by atoms with Crippen LogP contribution in [0.4, 0.5) is 0 Å². The molecule has 3 aliphatic rings. The largest absolute Gasteiger partial charge is 0.494 e. The number of hydrogen-bond acceptors (Lipinski definition) is 4. The van der Waals surface area contributed by atoms with Gasteiger partial charge in [-0.05, 0) is 132 Å². The van der Waals surface area contributed by atoms with Gasteiger partial charge < -0.3 is 18.6 Å². The Balaban J connectivity index is 0.000000155. The Kier molecular flexibility index (Phi) is 8.65. The van der Waals surface area contributed by atoms with Crippen molar-refractivity contribution in [3.8, 4) is 11.1 Å². The van der Waals surface area contributed by atoms with Crippen molar-refractivity contribution in [1.29, 1.82) is 0 Å². The van der Waals surface area contributed by atoms with Crippen LogP contribution in [-0.4, -0.2) is 36.6 Å². The third kappa shape index (κ3) is 6.16. The molecule has 0 unspecified atom stereocenters. The molecule has 6 aromatic carbocycles. The van der Waals surface area contributed by atoms with E-state index in [1.807, 2.05) is 0 Å². The number of benzene rings is 6. The van der Waals surface area contributed by atoms with Crippen molar-refractivity contribution in [2.75, 3.05) is 0 Å². The molecule has 2 aliphatic heterocycles. The van der Waals surface area contributed by atoms with Crippen molar-refractivity contribution in [3.63, 3.8) is 0 Å². The van der Waals surface area contributed by atoms with Crippen LogP contribution in [-0.2, 0) is 29.4 Å². The Labute approximate surface area is 329 Å². The van der Waals surface area contributed by atoms with Gasteiger partial charge in [-0.1, -0.05) is 138 Å². The Morgan fingerprint density at radius 1 is 0.400 bits per heavy atom. The van der Waals surface area contributed by atoms with Crippen LogP contribution < -0.4 is 10.9 Å². The summed E-state index contributed by atoms with van der Waals surface area (Å²) in [6.45, 7) is 28.3. The lowest BCUT2D eigenvalue weighted by Crippen LogP contribution is -2.41. The second kappa shape index (κ2) is 12.5. The van der Waals surface area contributed by atoms with Crippen LogP contribution in [0.3, 0.4) is 0 Å². The lowest BCUT2D eigenvalue weighted by Gasteiger charge is -2.32. The summed E-state index contributed by atoms with van der Waals surface area (Å²) in [5.74, 6) is 0. The predicted molar refractivity (Wildman–Crippen MR) is 233 cm³/mol. The van der Waals surface area contributed by atoms with E-state index in [4.69, 9.17) is 18.6 Å². The van der Waals surface area contributed by atoms with E-state index >= 15 is 0 Å². The molecule has 0 amide bonds. The molecule has 0 radical (unpaired) electrons. The van der Waals surface area contributed by atoms with E-state index in [0.29, 0.717) is 0 Å². The molecule has 9 rings (SSSR count). The molecule has 1 aliphatic carbocycles. The van der Waals surface area contributed by atoms with Gasteiger partial charge in [0.2, 0.25) is 0 Å². The van der Waals surface area contributed by atoms with Gasteiger partial charge in [0, 0.05) is 5.41 Å². The molecule has 2 fully saturated rings. The van der Waals surface area contributed by atoms with E-state index < -0.39 is 0 Å². The van der Waals surface area contributed by atoms with Gasteiger partial charge in [-0.15, -0.1) is 0 Å². The molecule has 282 valence electrons. The lowest BCUT2D eigenvalue weighted by molar-refractivity contribution is 0.00578. The highest BCUT2D eigenvalue weighted by Crippen LogP contribution is 2.49.